The van der Waals surface area contributed by atoms with Gasteiger partial charge in [0, 0.05) is 5.92 Å². The Morgan fingerprint density at radius 2 is 2.10 bits per heavy atom. The highest BCUT2D eigenvalue weighted by molar-refractivity contribution is 5.36. The van der Waals surface area contributed by atoms with Gasteiger partial charge in [-0.15, -0.1) is 6.58 Å². The van der Waals surface area contributed by atoms with Gasteiger partial charge in [0.1, 0.15) is 0 Å². The molecular weight excluding hydrogens is 120 g/mol. The van der Waals surface area contributed by atoms with E-state index in [1.54, 1.807) is 0 Å². The van der Waals surface area contributed by atoms with Gasteiger partial charge in [-0.2, -0.15) is 0 Å². The Bertz CT molecular complexity index is 140. The van der Waals surface area contributed by atoms with Crippen LogP contribution in [0.2, 0.25) is 0 Å². The minimum Gasteiger partial charge on any atom is -0.102 e. The molecule has 0 N–H and O–H groups in total. The van der Waals surface area contributed by atoms with Crippen LogP contribution in [0.25, 0.3) is 0 Å². The zero-order chi connectivity index (χ0) is 7.98. The Hall–Kier alpha value is -0.780. The molecular formula is C10H15. The highest BCUT2D eigenvalue weighted by Gasteiger charge is 1.97. The summed E-state index contributed by atoms with van der Waals surface area (Å²) in [5.41, 5.74) is 1.07. The second-order valence-corrected chi connectivity index (χ2v) is 2.25. The van der Waals surface area contributed by atoms with E-state index in [2.05, 4.69) is 32.2 Å². The Labute approximate surface area is 64.0 Å². The van der Waals surface area contributed by atoms with Crippen molar-refractivity contribution in [3.63, 3.8) is 0 Å². The summed E-state index contributed by atoms with van der Waals surface area (Å²) in [7, 11) is 0. The first-order valence-corrected chi connectivity index (χ1v) is 3.54. The first-order chi connectivity index (χ1) is 4.72. The van der Waals surface area contributed by atoms with Crippen molar-refractivity contribution in [1.82, 2.24) is 0 Å². The highest BCUT2D eigenvalue weighted by Crippen LogP contribution is 2.13. The van der Waals surface area contributed by atoms with Crippen LogP contribution in [0.15, 0.2) is 37.0 Å². The number of hydrogen-bond acceptors (Lipinski definition) is 0. The lowest BCUT2D eigenvalue weighted by molar-refractivity contribution is 1.20. The van der Waals surface area contributed by atoms with Crippen LogP contribution in [0.1, 0.15) is 20.3 Å². The average Bonchev–Trinajstić information content (AvgIpc) is 1.89. The van der Waals surface area contributed by atoms with Crippen molar-refractivity contribution in [2.24, 2.45) is 0 Å². The van der Waals surface area contributed by atoms with Crippen molar-refractivity contribution >= 4 is 0 Å². The van der Waals surface area contributed by atoms with E-state index >= 15 is 0 Å². The number of hydrogen-bond donors (Lipinski definition) is 0. The molecule has 0 heteroatoms. The molecule has 0 atom stereocenters. The van der Waals surface area contributed by atoms with Crippen molar-refractivity contribution in [3.05, 3.63) is 42.9 Å². The van der Waals surface area contributed by atoms with E-state index in [1.165, 1.54) is 0 Å². The van der Waals surface area contributed by atoms with E-state index < -0.39 is 0 Å². The lowest BCUT2D eigenvalue weighted by Crippen LogP contribution is -1.87. The summed E-state index contributed by atoms with van der Waals surface area (Å²) in [5, 5.41) is 0. The molecule has 0 aromatic heterocycles. The van der Waals surface area contributed by atoms with Crippen LogP contribution in [-0.2, 0) is 0 Å². The molecule has 0 aliphatic rings. The van der Waals surface area contributed by atoms with Crippen molar-refractivity contribution in [2.45, 2.75) is 20.3 Å². The summed E-state index contributed by atoms with van der Waals surface area (Å²) >= 11 is 0. The summed E-state index contributed by atoms with van der Waals surface area (Å²) in [6, 6.07) is 0. The third-order valence-corrected chi connectivity index (χ3v) is 1.25. The molecule has 0 aromatic rings. The Balaban J connectivity index is 3.95. The summed E-state index contributed by atoms with van der Waals surface area (Å²) in [5.74, 6) is 1.13. The van der Waals surface area contributed by atoms with Gasteiger partial charge in [-0.3, -0.25) is 0 Å². The molecule has 0 unspecified atom stereocenters. The molecule has 0 amide bonds. The number of rotatable bonds is 4. The van der Waals surface area contributed by atoms with Gasteiger partial charge in [0.2, 0.25) is 0 Å². The second kappa shape index (κ2) is 5.04. The molecule has 0 aliphatic heterocycles. The molecule has 0 rings (SSSR count). The van der Waals surface area contributed by atoms with Crippen molar-refractivity contribution in [1.29, 1.82) is 0 Å². The zero-order valence-electron chi connectivity index (χ0n) is 6.85. The van der Waals surface area contributed by atoms with Gasteiger partial charge in [0.25, 0.3) is 0 Å². The molecule has 0 bridgehead atoms. The first kappa shape index (κ1) is 9.22. The molecule has 0 heterocycles. The molecule has 1 radical (unpaired) electrons. The maximum absolute atomic E-state index is 3.82. The summed E-state index contributed by atoms with van der Waals surface area (Å²) < 4.78 is 0. The van der Waals surface area contributed by atoms with Crippen LogP contribution in [0, 0.1) is 5.92 Å². The maximum Gasteiger partial charge on any atom is 0.0427 e. The quantitative estimate of drug-likeness (QED) is 0.555. The first-order valence-electron chi connectivity index (χ1n) is 3.54. The predicted molar refractivity (Wildman–Crippen MR) is 47.7 cm³/mol. The molecule has 0 aliphatic carbocycles. The average molecular weight is 135 g/mol. The molecule has 55 valence electrons. The third kappa shape index (κ3) is 3.29. The molecule has 0 aromatic carbocycles. The lowest BCUT2D eigenvalue weighted by atomic mass is 10.0. The van der Waals surface area contributed by atoms with Gasteiger partial charge < -0.3 is 0 Å². The summed E-state index contributed by atoms with van der Waals surface area (Å²) in [6.07, 6.45) is 7.04. The third-order valence-electron chi connectivity index (χ3n) is 1.25. The highest BCUT2D eigenvalue weighted by atomic mass is 14.0. The fourth-order valence-electron chi connectivity index (χ4n) is 0.629. The van der Waals surface area contributed by atoms with Crippen LogP contribution < -0.4 is 0 Å². The van der Waals surface area contributed by atoms with Crippen molar-refractivity contribution in [3.8, 4) is 0 Å². The van der Waals surface area contributed by atoms with Gasteiger partial charge in [0.05, 0.1) is 0 Å². The van der Waals surface area contributed by atoms with E-state index in [-0.39, 0.29) is 0 Å². The zero-order valence-corrected chi connectivity index (χ0v) is 6.85. The van der Waals surface area contributed by atoms with Crippen molar-refractivity contribution < 1.29 is 0 Å². The van der Waals surface area contributed by atoms with E-state index in [0.717, 1.165) is 17.9 Å². The van der Waals surface area contributed by atoms with Gasteiger partial charge in [0.15, 0.2) is 0 Å². The minimum absolute atomic E-state index is 1.06. The molecule has 0 spiro atoms. The van der Waals surface area contributed by atoms with Crippen LogP contribution in [0.3, 0.4) is 0 Å². The van der Waals surface area contributed by atoms with Crippen LogP contribution in [0.5, 0.6) is 0 Å². The van der Waals surface area contributed by atoms with E-state index in [4.69, 9.17) is 0 Å². The van der Waals surface area contributed by atoms with E-state index in [0.29, 0.717) is 0 Å². The maximum atomic E-state index is 3.82. The van der Waals surface area contributed by atoms with Crippen LogP contribution in [-0.4, -0.2) is 0 Å². The fraction of sp³-hybridized carbons (Fsp3) is 0.300. The lowest BCUT2D eigenvalue weighted by Gasteiger charge is -2.03. The molecule has 10 heavy (non-hydrogen) atoms. The molecule has 0 nitrogen and oxygen atoms in total. The minimum atomic E-state index is 1.06. The van der Waals surface area contributed by atoms with Crippen LogP contribution in [0.4, 0.5) is 0 Å². The fourth-order valence-corrected chi connectivity index (χ4v) is 0.629. The normalized spacial score (nSPS) is 10.7. The van der Waals surface area contributed by atoms with Gasteiger partial charge in [-0.1, -0.05) is 37.3 Å². The van der Waals surface area contributed by atoms with Gasteiger partial charge >= 0.3 is 0 Å². The smallest absolute Gasteiger partial charge is 0.0427 e. The molecule has 0 saturated carbocycles. The van der Waals surface area contributed by atoms with E-state index in [1.807, 2.05) is 13.0 Å². The standard InChI is InChI=1S/C10H15/c1-5-7-8-10(6-2)9(3)4/h6-8H,2-3,5H2,1,4H3. The largest absolute Gasteiger partial charge is 0.102 e. The monoisotopic (exact) mass is 135 g/mol. The van der Waals surface area contributed by atoms with Gasteiger partial charge in [-0.25, -0.2) is 0 Å². The SMILES string of the molecule is C=C[C](C=CCC)C(=C)C. The van der Waals surface area contributed by atoms with Gasteiger partial charge in [-0.05, 0) is 13.3 Å². The Morgan fingerprint density at radius 3 is 2.40 bits per heavy atom. The van der Waals surface area contributed by atoms with Crippen LogP contribution >= 0.6 is 0 Å². The Morgan fingerprint density at radius 1 is 1.50 bits per heavy atom. The predicted octanol–water partition coefficient (Wildman–Crippen LogP) is 3.29. The second-order valence-electron chi connectivity index (χ2n) is 2.25. The van der Waals surface area contributed by atoms with Crippen molar-refractivity contribution in [2.75, 3.05) is 0 Å². The summed E-state index contributed by atoms with van der Waals surface area (Å²) in [4.78, 5) is 0. The Kier molecular flexibility index (Phi) is 4.65. The van der Waals surface area contributed by atoms with E-state index in [9.17, 15) is 0 Å². The summed E-state index contributed by atoms with van der Waals surface area (Å²) in [6.45, 7) is 11.6. The number of allylic oxidation sites excluding steroid dienone is 4. The molecule has 0 saturated heterocycles. The topological polar surface area (TPSA) is 0 Å². The molecule has 0 fully saturated rings.